The lowest BCUT2D eigenvalue weighted by atomic mass is 10.1. The molecule has 8 nitrogen and oxygen atoms in total. The highest BCUT2D eigenvalue weighted by Gasteiger charge is 2.16. The predicted octanol–water partition coefficient (Wildman–Crippen LogP) is 2.97. The molecule has 0 spiro atoms. The topological polar surface area (TPSA) is 116 Å². The molecular formula is C20H21N5O3. The second kappa shape index (κ2) is 7.91. The number of aromatic nitrogens is 2. The Hall–Kier alpha value is -3.68. The number of fused-ring (bicyclic) bond motifs is 1. The molecule has 1 aromatic heterocycles. The van der Waals surface area contributed by atoms with Crippen molar-refractivity contribution in [1.82, 2.24) is 15.3 Å². The zero-order valence-corrected chi connectivity index (χ0v) is 15.8. The number of amides is 3. The molecule has 0 bridgehead atoms. The summed E-state index contributed by atoms with van der Waals surface area (Å²) in [6.07, 6.45) is 0. The van der Waals surface area contributed by atoms with Crippen molar-refractivity contribution in [2.45, 2.75) is 26.8 Å². The fraction of sp³-hybridized carbons (Fsp3) is 0.200. The standard InChI is InChI=1S/C20H21N5O3/c1-11(19-24-17-6-4-5-7-18(17)25-19)21-20(28)14-8-15(22-12(2)26)10-16(9-14)23-13(3)27/h4-11H,1-3H3,(H,21,28)(H,22,26)(H,23,27)(H,24,25). The Morgan fingerprint density at radius 2 is 1.57 bits per heavy atom. The van der Waals surface area contributed by atoms with Crippen molar-refractivity contribution in [3.63, 3.8) is 0 Å². The third-order valence-electron chi connectivity index (χ3n) is 4.00. The lowest BCUT2D eigenvalue weighted by Gasteiger charge is -2.14. The Labute approximate surface area is 161 Å². The molecule has 0 radical (unpaired) electrons. The highest BCUT2D eigenvalue weighted by atomic mass is 16.2. The van der Waals surface area contributed by atoms with Gasteiger partial charge < -0.3 is 20.9 Å². The van der Waals surface area contributed by atoms with Gasteiger partial charge in [0.25, 0.3) is 5.91 Å². The summed E-state index contributed by atoms with van der Waals surface area (Å²) in [6, 6.07) is 11.9. The molecule has 144 valence electrons. The van der Waals surface area contributed by atoms with Gasteiger partial charge in [0.15, 0.2) is 0 Å². The Bertz CT molecular complexity index is 990. The molecule has 4 N–H and O–H groups in total. The van der Waals surface area contributed by atoms with Gasteiger partial charge in [-0.3, -0.25) is 14.4 Å². The van der Waals surface area contributed by atoms with Crippen molar-refractivity contribution in [2.24, 2.45) is 0 Å². The average molecular weight is 379 g/mol. The van der Waals surface area contributed by atoms with E-state index in [1.807, 2.05) is 31.2 Å². The van der Waals surface area contributed by atoms with Gasteiger partial charge in [-0.05, 0) is 37.3 Å². The first-order chi connectivity index (χ1) is 13.3. The van der Waals surface area contributed by atoms with Crippen molar-refractivity contribution >= 4 is 40.1 Å². The van der Waals surface area contributed by atoms with Crippen LogP contribution in [0.2, 0.25) is 0 Å². The first kappa shape index (κ1) is 19.1. The summed E-state index contributed by atoms with van der Waals surface area (Å²) in [5, 5.41) is 8.13. The number of nitrogens with one attached hydrogen (secondary N) is 4. The molecule has 1 atom stereocenters. The second-order valence-corrected chi connectivity index (χ2v) is 6.50. The number of imidazole rings is 1. The van der Waals surface area contributed by atoms with Gasteiger partial charge in [0.2, 0.25) is 11.8 Å². The third-order valence-corrected chi connectivity index (χ3v) is 4.00. The van der Waals surface area contributed by atoms with E-state index >= 15 is 0 Å². The smallest absolute Gasteiger partial charge is 0.252 e. The Morgan fingerprint density at radius 3 is 2.14 bits per heavy atom. The zero-order valence-electron chi connectivity index (χ0n) is 15.8. The maximum atomic E-state index is 12.7. The minimum atomic E-state index is -0.367. The molecular weight excluding hydrogens is 358 g/mol. The van der Waals surface area contributed by atoms with Gasteiger partial charge >= 0.3 is 0 Å². The monoisotopic (exact) mass is 379 g/mol. The van der Waals surface area contributed by atoms with Gasteiger partial charge in [-0.25, -0.2) is 4.98 Å². The summed E-state index contributed by atoms with van der Waals surface area (Å²) in [7, 11) is 0. The van der Waals surface area contributed by atoms with Crippen molar-refractivity contribution in [3.8, 4) is 0 Å². The van der Waals surface area contributed by atoms with Crippen LogP contribution in [-0.2, 0) is 9.59 Å². The molecule has 1 heterocycles. The number of anilines is 2. The quantitative estimate of drug-likeness (QED) is 0.545. The van der Waals surface area contributed by atoms with Crippen LogP contribution in [0, 0.1) is 0 Å². The Morgan fingerprint density at radius 1 is 0.964 bits per heavy atom. The van der Waals surface area contributed by atoms with Crippen molar-refractivity contribution in [2.75, 3.05) is 10.6 Å². The number of rotatable bonds is 5. The van der Waals surface area contributed by atoms with E-state index in [1.165, 1.54) is 13.8 Å². The lowest BCUT2D eigenvalue weighted by molar-refractivity contribution is -0.115. The Balaban J connectivity index is 1.83. The number of nitrogens with zero attached hydrogens (tertiary/aromatic N) is 1. The SMILES string of the molecule is CC(=O)Nc1cc(NC(C)=O)cc(C(=O)NC(C)c2nc3ccccc3[nH]2)c1. The maximum Gasteiger partial charge on any atom is 0.252 e. The number of benzene rings is 2. The fourth-order valence-electron chi connectivity index (χ4n) is 2.84. The molecule has 1 unspecified atom stereocenters. The third kappa shape index (κ3) is 4.53. The molecule has 0 fully saturated rings. The van der Waals surface area contributed by atoms with Crippen molar-refractivity contribution in [1.29, 1.82) is 0 Å². The van der Waals surface area contributed by atoms with Crippen LogP contribution < -0.4 is 16.0 Å². The fourth-order valence-corrected chi connectivity index (χ4v) is 2.84. The second-order valence-electron chi connectivity index (χ2n) is 6.50. The largest absolute Gasteiger partial charge is 0.342 e. The average Bonchev–Trinajstić information content (AvgIpc) is 3.04. The van der Waals surface area contributed by atoms with Gasteiger partial charge in [0.05, 0.1) is 17.1 Å². The van der Waals surface area contributed by atoms with Crippen LogP contribution in [0.5, 0.6) is 0 Å². The first-order valence-corrected chi connectivity index (χ1v) is 8.77. The highest BCUT2D eigenvalue weighted by molar-refractivity contribution is 6.00. The molecule has 3 amide bonds. The van der Waals surface area contributed by atoms with E-state index in [0.29, 0.717) is 22.8 Å². The van der Waals surface area contributed by atoms with E-state index in [4.69, 9.17) is 0 Å². The lowest BCUT2D eigenvalue weighted by Crippen LogP contribution is -2.27. The number of hydrogen-bond donors (Lipinski definition) is 4. The molecule has 3 rings (SSSR count). The summed E-state index contributed by atoms with van der Waals surface area (Å²) in [5.41, 5.74) is 2.84. The maximum absolute atomic E-state index is 12.7. The van der Waals surface area contributed by atoms with Gasteiger partial charge in [0, 0.05) is 30.8 Å². The molecule has 2 aromatic carbocycles. The molecule has 0 saturated heterocycles. The molecule has 0 aliphatic rings. The molecule has 8 heteroatoms. The minimum Gasteiger partial charge on any atom is -0.342 e. The number of aromatic amines is 1. The molecule has 28 heavy (non-hydrogen) atoms. The number of carbonyl (C=O) groups excluding carboxylic acids is 3. The molecule has 0 aliphatic heterocycles. The van der Waals surface area contributed by atoms with Crippen LogP contribution in [0.4, 0.5) is 11.4 Å². The first-order valence-electron chi connectivity index (χ1n) is 8.77. The van der Waals surface area contributed by atoms with E-state index in [9.17, 15) is 14.4 Å². The summed E-state index contributed by atoms with van der Waals surface area (Å²) >= 11 is 0. The van der Waals surface area contributed by atoms with E-state index in [2.05, 4.69) is 25.9 Å². The van der Waals surface area contributed by atoms with Crippen molar-refractivity contribution in [3.05, 3.63) is 53.9 Å². The summed E-state index contributed by atoms with van der Waals surface area (Å²) in [4.78, 5) is 43.1. The van der Waals surface area contributed by atoms with E-state index in [-0.39, 0.29) is 23.8 Å². The summed E-state index contributed by atoms with van der Waals surface area (Å²) in [5.74, 6) is -0.273. The van der Waals surface area contributed by atoms with Gasteiger partial charge in [-0.1, -0.05) is 12.1 Å². The number of hydrogen-bond acceptors (Lipinski definition) is 4. The van der Waals surface area contributed by atoms with Crippen LogP contribution in [0.1, 0.15) is 43.0 Å². The number of H-pyrrole nitrogens is 1. The van der Waals surface area contributed by atoms with E-state index < -0.39 is 0 Å². The van der Waals surface area contributed by atoms with E-state index in [0.717, 1.165) is 11.0 Å². The molecule has 3 aromatic rings. The number of para-hydroxylation sites is 2. The minimum absolute atomic E-state index is 0.276. The van der Waals surface area contributed by atoms with Crippen LogP contribution in [0.15, 0.2) is 42.5 Å². The van der Waals surface area contributed by atoms with Gasteiger partial charge in [0.1, 0.15) is 5.82 Å². The molecule has 0 aliphatic carbocycles. The summed E-state index contributed by atoms with van der Waals surface area (Å²) < 4.78 is 0. The normalized spacial score (nSPS) is 11.7. The van der Waals surface area contributed by atoms with Gasteiger partial charge in [-0.2, -0.15) is 0 Å². The van der Waals surface area contributed by atoms with E-state index in [1.54, 1.807) is 18.2 Å². The molecule has 0 saturated carbocycles. The van der Waals surface area contributed by atoms with Crippen LogP contribution in [0.25, 0.3) is 11.0 Å². The predicted molar refractivity (Wildman–Crippen MR) is 107 cm³/mol. The van der Waals surface area contributed by atoms with Crippen LogP contribution >= 0.6 is 0 Å². The Kier molecular flexibility index (Phi) is 5.39. The van der Waals surface area contributed by atoms with Crippen LogP contribution in [0.3, 0.4) is 0 Å². The zero-order chi connectivity index (χ0) is 20.3. The van der Waals surface area contributed by atoms with Crippen molar-refractivity contribution < 1.29 is 14.4 Å². The highest BCUT2D eigenvalue weighted by Crippen LogP contribution is 2.21. The van der Waals surface area contributed by atoms with Crippen LogP contribution in [-0.4, -0.2) is 27.7 Å². The summed E-state index contributed by atoms with van der Waals surface area (Å²) in [6.45, 7) is 4.56. The van der Waals surface area contributed by atoms with Gasteiger partial charge in [-0.15, -0.1) is 0 Å². The number of carbonyl (C=O) groups is 3.